The molecular weight excluding hydrogens is 234 g/mol. The van der Waals surface area contributed by atoms with Crippen molar-refractivity contribution in [3.05, 3.63) is 0 Å². The number of carbonyl (C=O) groups is 1. The van der Waals surface area contributed by atoms with Crippen LogP contribution in [0.5, 0.6) is 0 Å². The van der Waals surface area contributed by atoms with E-state index in [2.05, 4.69) is 32.6 Å². The number of aldehydes is 1. The molecule has 0 aromatic heterocycles. The van der Waals surface area contributed by atoms with Crippen LogP contribution in [0.3, 0.4) is 0 Å². The van der Waals surface area contributed by atoms with E-state index < -0.39 is 0 Å². The molecule has 0 aromatic rings. The Bertz CT molecular complexity index is 262. The van der Waals surface area contributed by atoms with E-state index in [0.717, 1.165) is 38.4 Å². The average molecular weight is 267 g/mol. The zero-order valence-electron chi connectivity index (χ0n) is 13.5. The Hall–Kier alpha value is -0.370. The lowest BCUT2D eigenvalue weighted by Gasteiger charge is -2.40. The molecule has 0 spiro atoms. The van der Waals surface area contributed by atoms with Gasteiger partial charge in [0.25, 0.3) is 0 Å². The highest BCUT2D eigenvalue weighted by molar-refractivity contribution is 5.60. The summed E-state index contributed by atoms with van der Waals surface area (Å²) in [5.41, 5.74) is -0.0558. The molecule has 2 unspecified atom stereocenters. The van der Waals surface area contributed by atoms with E-state index in [9.17, 15) is 4.79 Å². The van der Waals surface area contributed by atoms with Gasteiger partial charge >= 0.3 is 0 Å². The first kappa shape index (κ1) is 16.7. The first-order valence-corrected chi connectivity index (χ1v) is 8.27. The van der Waals surface area contributed by atoms with Gasteiger partial charge in [0.2, 0.25) is 0 Å². The highest BCUT2D eigenvalue weighted by Crippen LogP contribution is 2.38. The summed E-state index contributed by atoms with van der Waals surface area (Å²) < 4.78 is 0. The van der Waals surface area contributed by atoms with Gasteiger partial charge in [0.05, 0.1) is 0 Å². The van der Waals surface area contributed by atoms with Crippen molar-refractivity contribution in [3.63, 3.8) is 0 Å². The van der Waals surface area contributed by atoms with Crippen LogP contribution in [-0.4, -0.2) is 30.8 Å². The van der Waals surface area contributed by atoms with Crippen molar-refractivity contribution in [2.45, 2.75) is 66.2 Å². The third-order valence-corrected chi connectivity index (χ3v) is 5.03. The fourth-order valence-corrected chi connectivity index (χ4v) is 3.65. The molecule has 0 heterocycles. The van der Waals surface area contributed by atoms with Gasteiger partial charge in [-0.2, -0.15) is 0 Å². The molecule has 0 radical (unpaired) electrons. The van der Waals surface area contributed by atoms with Gasteiger partial charge in [-0.3, -0.25) is 0 Å². The topological polar surface area (TPSA) is 20.3 Å². The fourth-order valence-electron chi connectivity index (χ4n) is 3.65. The maximum atomic E-state index is 11.7. The molecule has 2 nitrogen and oxygen atoms in total. The van der Waals surface area contributed by atoms with E-state index in [1.807, 2.05) is 0 Å². The molecule has 0 N–H and O–H groups in total. The van der Waals surface area contributed by atoms with Crippen molar-refractivity contribution in [1.29, 1.82) is 0 Å². The molecule has 0 aliphatic heterocycles. The van der Waals surface area contributed by atoms with E-state index >= 15 is 0 Å². The van der Waals surface area contributed by atoms with Crippen LogP contribution >= 0.6 is 0 Å². The van der Waals surface area contributed by atoms with Crippen LogP contribution in [0.15, 0.2) is 0 Å². The summed E-state index contributed by atoms with van der Waals surface area (Å²) in [6.45, 7) is 12.3. The number of carbonyl (C=O) groups excluding carboxylic acids is 1. The van der Waals surface area contributed by atoms with Gasteiger partial charge < -0.3 is 9.69 Å². The van der Waals surface area contributed by atoms with E-state index in [4.69, 9.17) is 0 Å². The monoisotopic (exact) mass is 267 g/mol. The van der Waals surface area contributed by atoms with Crippen LogP contribution < -0.4 is 0 Å². The Balaban J connectivity index is 2.63. The lowest BCUT2D eigenvalue weighted by molar-refractivity contribution is -0.120. The maximum absolute atomic E-state index is 11.7. The SMILES string of the molecule is CCC(CC)CN(CC)CC1(C=O)CCCC(C)C1. The minimum atomic E-state index is -0.0558. The predicted octanol–water partition coefficient (Wildman–Crippen LogP) is 4.14. The molecule has 0 amide bonds. The first-order chi connectivity index (χ1) is 9.09. The van der Waals surface area contributed by atoms with Crippen LogP contribution in [0.1, 0.15) is 66.2 Å². The molecule has 2 heteroatoms. The summed E-state index contributed by atoms with van der Waals surface area (Å²) in [6.07, 6.45) is 8.49. The lowest BCUT2D eigenvalue weighted by atomic mass is 9.70. The summed E-state index contributed by atoms with van der Waals surface area (Å²) in [4.78, 5) is 14.2. The van der Waals surface area contributed by atoms with Crippen LogP contribution in [0.4, 0.5) is 0 Å². The zero-order valence-corrected chi connectivity index (χ0v) is 13.5. The Morgan fingerprint density at radius 1 is 1.32 bits per heavy atom. The molecule has 1 fully saturated rings. The molecule has 19 heavy (non-hydrogen) atoms. The van der Waals surface area contributed by atoms with Crippen LogP contribution in [0.25, 0.3) is 0 Å². The lowest BCUT2D eigenvalue weighted by Crippen LogP contribution is -2.43. The average Bonchev–Trinajstić information content (AvgIpc) is 2.43. The van der Waals surface area contributed by atoms with Crippen molar-refractivity contribution >= 4 is 6.29 Å². The van der Waals surface area contributed by atoms with E-state index in [1.54, 1.807) is 0 Å². The van der Waals surface area contributed by atoms with Crippen molar-refractivity contribution in [3.8, 4) is 0 Å². The molecule has 1 rings (SSSR count). The molecule has 1 saturated carbocycles. The second-order valence-corrected chi connectivity index (χ2v) is 6.69. The van der Waals surface area contributed by atoms with Gasteiger partial charge in [0, 0.05) is 18.5 Å². The van der Waals surface area contributed by atoms with Crippen molar-refractivity contribution < 1.29 is 4.79 Å². The Morgan fingerprint density at radius 2 is 2.00 bits per heavy atom. The van der Waals surface area contributed by atoms with Gasteiger partial charge in [0.1, 0.15) is 6.29 Å². The van der Waals surface area contributed by atoms with Gasteiger partial charge in [-0.1, -0.05) is 53.4 Å². The Morgan fingerprint density at radius 3 is 2.47 bits per heavy atom. The predicted molar refractivity (Wildman–Crippen MR) is 82.3 cm³/mol. The van der Waals surface area contributed by atoms with Gasteiger partial charge in [-0.25, -0.2) is 0 Å². The first-order valence-electron chi connectivity index (χ1n) is 8.27. The molecule has 1 aliphatic rings. The summed E-state index contributed by atoms with van der Waals surface area (Å²) >= 11 is 0. The normalized spacial score (nSPS) is 28.0. The standard InChI is InChI=1S/C17H33NO/c1-5-16(6-2)12-18(7-3)13-17(14-19)10-8-9-15(4)11-17/h14-16H,5-13H2,1-4H3. The van der Waals surface area contributed by atoms with E-state index in [1.165, 1.54) is 32.0 Å². The molecular formula is C17H33NO. The molecule has 0 aromatic carbocycles. The number of hydrogen-bond acceptors (Lipinski definition) is 2. The third kappa shape index (κ3) is 4.91. The van der Waals surface area contributed by atoms with Gasteiger partial charge in [0.15, 0.2) is 0 Å². The van der Waals surface area contributed by atoms with Gasteiger partial charge in [-0.15, -0.1) is 0 Å². The summed E-state index contributed by atoms with van der Waals surface area (Å²) in [5.74, 6) is 1.50. The smallest absolute Gasteiger partial charge is 0.127 e. The molecule has 1 aliphatic carbocycles. The maximum Gasteiger partial charge on any atom is 0.127 e. The third-order valence-electron chi connectivity index (χ3n) is 5.03. The second-order valence-electron chi connectivity index (χ2n) is 6.69. The summed E-state index contributed by atoms with van der Waals surface area (Å²) in [5, 5.41) is 0. The zero-order chi connectivity index (χ0) is 14.3. The molecule has 2 atom stereocenters. The van der Waals surface area contributed by atoms with Crippen molar-refractivity contribution in [2.75, 3.05) is 19.6 Å². The minimum Gasteiger partial charge on any atom is -0.303 e. The summed E-state index contributed by atoms with van der Waals surface area (Å²) in [7, 11) is 0. The van der Waals surface area contributed by atoms with Gasteiger partial charge in [-0.05, 0) is 31.2 Å². The molecule has 0 saturated heterocycles. The minimum absolute atomic E-state index is 0.0558. The number of hydrogen-bond donors (Lipinski definition) is 0. The largest absolute Gasteiger partial charge is 0.303 e. The van der Waals surface area contributed by atoms with Crippen molar-refractivity contribution in [1.82, 2.24) is 4.90 Å². The Labute approximate surface area is 119 Å². The second kappa shape index (κ2) is 8.04. The fraction of sp³-hybridized carbons (Fsp3) is 0.941. The Kier molecular flexibility index (Phi) is 7.06. The highest BCUT2D eigenvalue weighted by atomic mass is 16.1. The molecule has 0 bridgehead atoms. The highest BCUT2D eigenvalue weighted by Gasteiger charge is 2.36. The van der Waals surface area contributed by atoms with Crippen LogP contribution in [0, 0.1) is 17.3 Å². The molecule has 112 valence electrons. The number of nitrogens with zero attached hydrogens (tertiary/aromatic N) is 1. The van der Waals surface area contributed by atoms with Crippen molar-refractivity contribution in [2.24, 2.45) is 17.3 Å². The van der Waals surface area contributed by atoms with E-state index in [0.29, 0.717) is 5.92 Å². The summed E-state index contributed by atoms with van der Waals surface area (Å²) in [6, 6.07) is 0. The quantitative estimate of drug-likeness (QED) is 0.616. The number of rotatable bonds is 8. The van der Waals surface area contributed by atoms with Crippen LogP contribution in [0.2, 0.25) is 0 Å². The van der Waals surface area contributed by atoms with E-state index in [-0.39, 0.29) is 5.41 Å². The van der Waals surface area contributed by atoms with Crippen LogP contribution in [-0.2, 0) is 4.79 Å².